The molecule has 0 bridgehead atoms. The summed E-state index contributed by atoms with van der Waals surface area (Å²) in [5.74, 6) is 1.55. The van der Waals surface area contributed by atoms with E-state index in [1.807, 2.05) is 30.1 Å². The Kier molecular flexibility index (Phi) is 4.01. The van der Waals surface area contributed by atoms with Crippen molar-refractivity contribution >= 4 is 22.0 Å². The van der Waals surface area contributed by atoms with Crippen LogP contribution in [0.15, 0.2) is 17.1 Å². The summed E-state index contributed by atoms with van der Waals surface area (Å²) in [5.41, 5.74) is 2.18. The lowest BCUT2D eigenvalue weighted by Gasteiger charge is -2.12. The van der Waals surface area contributed by atoms with E-state index in [9.17, 15) is 0 Å². The topological polar surface area (TPSA) is 18.5 Å². The fraction of sp³-hybridized carbons (Fsp3) is 0.273. The molecule has 0 N–H and O–H groups in total. The lowest BCUT2D eigenvalue weighted by atomic mass is 10.1. The van der Waals surface area contributed by atoms with Gasteiger partial charge in [-0.3, -0.25) is 0 Å². The van der Waals surface area contributed by atoms with Crippen LogP contribution in [0.4, 0.5) is 0 Å². The molecule has 0 fully saturated rings. The van der Waals surface area contributed by atoms with E-state index in [-0.39, 0.29) is 0 Å². The first-order valence-corrected chi connectivity index (χ1v) is 5.14. The van der Waals surface area contributed by atoms with Gasteiger partial charge in [-0.1, -0.05) is 22.0 Å². The molecule has 0 saturated carbocycles. The third-order valence-corrected chi connectivity index (χ3v) is 2.34. The first kappa shape index (κ1) is 11.1. The molecule has 0 aliphatic heterocycles. The highest BCUT2D eigenvalue weighted by molar-refractivity contribution is 9.11. The Hall–Kier alpha value is -0.960. The van der Waals surface area contributed by atoms with E-state index in [1.165, 1.54) is 0 Å². The molecule has 76 valence electrons. The molecule has 14 heavy (non-hydrogen) atoms. The molecule has 0 saturated heterocycles. The lowest BCUT2D eigenvalue weighted by Crippen LogP contribution is -1.94. The number of benzene rings is 1. The zero-order valence-electron chi connectivity index (χ0n) is 8.50. The van der Waals surface area contributed by atoms with Crippen LogP contribution in [-0.4, -0.2) is 14.2 Å². The highest BCUT2D eigenvalue weighted by atomic mass is 79.9. The summed E-state index contributed by atoms with van der Waals surface area (Å²) in [7, 11) is 3.28. The lowest BCUT2D eigenvalue weighted by molar-refractivity contribution is 0.353. The van der Waals surface area contributed by atoms with Gasteiger partial charge < -0.3 is 9.47 Å². The highest BCUT2D eigenvalue weighted by Crippen LogP contribution is 2.33. The first-order chi connectivity index (χ1) is 6.74. The van der Waals surface area contributed by atoms with Crippen LogP contribution in [0.2, 0.25) is 0 Å². The van der Waals surface area contributed by atoms with Crippen molar-refractivity contribution in [2.45, 2.75) is 6.92 Å². The molecule has 0 aliphatic carbocycles. The molecule has 3 heteroatoms. The fourth-order valence-corrected chi connectivity index (χ4v) is 1.63. The minimum absolute atomic E-state index is 0.761. The van der Waals surface area contributed by atoms with Crippen LogP contribution in [0.3, 0.4) is 0 Å². The van der Waals surface area contributed by atoms with Crippen molar-refractivity contribution < 1.29 is 9.47 Å². The summed E-state index contributed by atoms with van der Waals surface area (Å²) in [4.78, 5) is 1.82. The Morgan fingerprint density at radius 3 is 2.43 bits per heavy atom. The standard InChI is InChI=1S/C11H13BrO2/c1-8-9(6-7-12)4-5-10(13-2)11(8)14-3/h4-7H,1-3H3/b7-6+. The molecule has 1 aromatic carbocycles. The largest absolute Gasteiger partial charge is 0.493 e. The van der Waals surface area contributed by atoms with Crippen molar-refractivity contribution in [3.05, 3.63) is 28.2 Å². The Bertz CT molecular complexity index is 345. The Labute approximate surface area is 92.7 Å². The van der Waals surface area contributed by atoms with Crippen LogP contribution in [0, 0.1) is 6.92 Å². The van der Waals surface area contributed by atoms with Gasteiger partial charge in [-0.25, -0.2) is 0 Å². The van der Waals surface area contributed by atoms with Crippen molar-refractivity contribution in [3.8, 4) is 11.5 Å². The molecule has 2 nitrogen and oxygen atoms in total. The van der Waals surface area contributed by atoms with Gasteiger partial charge in [-0.15, -0.1) is 0 Å². The Morgan fingerprint density at radius 1 is 1.21 bits per heavy atom. The van der Waals surface area contributed by atoms with E-state index in [2.05, 4.69) is 15.9 Å². The van der Waals surface area contributed by atoms with Gasteiger partial charge in [-0.05, 0) is 29.6 Å². The highest BCUT2D eigenvalue weighted by Gasteiger charge is 2.08. The predicted molar refractivity (Wildman–Crippen MR) is 62.2 cm³/mol. The maximum absolute atomic E-state index is 5.28. The van der Waals surface area contributed by atoms with E-state index in [0.717, 1.165) is 22.6 Å². The second-order valence-electron chi connectivity index (χ2n) is 2.81. The number of ether oxygens (including phenoxy) is 2. The average Bonchev–Trinajstić information content (AvgIpc) is 2.21. The normalized spacial score (nSPS) is 10.6. The monoisotopic (exact) mass is 256 g/mol. The maximum atomic E-state index is 5.28. The third kappa shape index (κ3) is 2.10. The van der Waals surface area contributed by atoms with Gasteiger partial charge in [0, 0.05) is 5.56 Å². The smallest absolute Gasteiger partial charge is 0.164 e. The van der Waals surface area contributed by atoms with Gasteiger partial charge in [0.2, 0.25) is 0 Å². The second kappa shape index (κ2) is 5.05. The van der Waals surface area contributed by atoms with E-state index in [1.54, 1.807) is 14.2 Å². The van der Waals surface area contributed by atoms with Gasteiger partial charge >= 0.3 is 0 Å². The number of hydrogen-bond donors (Lipinski definition) is 0. The van der Waals surface area contributed by atoms with Crippen molar-refractivity contribution in [2.24, 2.45) is 0 Å². The predicted octanol–water partition coefficient (Wildman–Crippen LogP) is 3.38. The second-order valence-corrected chi connectivity index (χ2v) is 3.34. The van der Waals surface area contributed by atoms with Gasteiger partial charge in [0.25, 0.3) is 0 Å². The number of hydrogen-bond acceptors (Lipinski definition) is 2. The fourth-order valence-electron chi connectivity index (χ4n) is 1.34. The summed E-state index contributed by atoms with van der Waals surface area (Å²) in [6.07, 6.45) is 1.97. The Morgan fingerprint density at radius 2 is 1.93 bits per heavy atom. The summed E-state index contributed by atoms with van der Waals surface area (Å²) in [6.45, 7) is 2.00. The van der Waals surface area contributed by atoms with Crippen LogP contribution < -0.4 is 9.47 Å². The van der Waals surface area contributed by atoms with Crippen molar-refractivity contribution in [3.63, 3.8) is 0 Å². The zero-order chi connectivity index (χ0) is 10.6. The minimum atomic E-state index is 0.761. The van der Waals surface area contributed by atoms with Gasteiger partial charge in [0.05, 0.1) is 14.2 Å². The maximum Gasteiger partial charge on any atom is 0.164 e. The molecule has 0 unspecified atom stereocenters. The molecule has 1 rings (SSSR count). The molecule has 1 aromatic rings. The van der Waals surface area contributed by atoms with Crippen molar-refractivity contribution in [2.75, 3.05) is 14.2 Å². The van der Waals surface area contributed by atoms with Crippen LogP contribution in [0.5, 0.6) is 11.5 Å². The molecule has 0 aromatic heterocycles. The minimum Gasteiger partial charge on any atom is -0.493 e. The van der Waals surface area contributed by atoms with Crippen molar-refractivity contribution in [1.82, 2.24) is 0 Å². The molecule has 0 heterocycles. The number of halogens is 1. The van der Waals surface area contributed by atoms with Crippen LogP contribution in [0.25, 0.3) is 6.08 Å². The summed E-state index contributed by atoms with van der Waals surface area (Å²) < 4.78 is 10.5. The van der Waals surface area contributed by atoms with E-state index in [4.69, 9.17) is 9.47 Å². The molecule has 0 spiro atoms. The quantitative estimate of drug-likeness (QED) is 0.826. The number of methoxy groups -OCH3 is 2. The van der Waals surface area contributed by atoms with Crippen LogP contribution in [-0.2, 0) is 0 Å². The first-order valence-electron chi connectivity index (χ1n) is 4.23. The Balaban J connectivity index is 3.27. The molecular weight excluding hydrogens is 244 g/mol. The SMILES string of the molecule is COc1ccc(/C=C/Br)c(C)c1OC. The van der Waals surface area contributed by atoms with E-state index in [0.29, 0.717) is 0 Å². The molecular formula is C11H13BrO2. The molecule has 0 amide bonds. The van der Waals surface area contributed by atoms with Gasteiger partial charge in [-0.2, -0.15) is 0 Å². The zero-order valence-corrected chi connectivity index (χ0v) is 10.1. The summed E-state index contributed by atoms with van der Waals surface area (Å²) in [5, 5.41) is 0. The van der Waals surface area contributed by atoms with E-state index >= 15 is 0 Å². The van der Waals surface area contributed by atoms with Crippen LogP contribution >= 0.6 is 15.9 Å². The van der Waals surface area contributed by atoms with Crippen molar-refractivity contribution in [1.29, 1.82) is 0 Å². The van der Waals surface area contributed by atoms with Gasteiger partial charge in [0.1, 0.15) is 0 Å². The molecule has 0 radical (unpaired) electrons. The summed E-state index contributed by atoms with van der Waals surface area (Å²) in [6, 6.07) is 3.89. The molecule has 0 aliphatic rings. The summed E-state index contributed by atoms with van der Waals surface area (Å²) >= 11 is 3.25. The molecule has 0 atom stereocenters. The van der Waals surface area contributed by atoms with Crippen LogP contribution in [0.1, 0.15) is 11.1 Å². The van der Waals surface area contributed by atoms with Gasteiger partial charge in [0.15, 0.2) is 11.5 Å². The third-order valence-electron chi connectivity index (χ3n) is 2.08. The van der Waals surface area contributed by atoms with E-state index < -0.39 is 0 Å². The average molecular weight is 257 g/mol. The number of rotatable bonds is 3.